The van der Waals surface area contributed by atoms with Crippen molar-refractivity contribution in [3.63, 3.8) is 0 Å². The van der Waals surface area contributed by atoms with E-state index in [1.54, 1.807) is 0 Å². The number of halogens is 1. The lowest BCUT2D eigenvalue weighted by Gasteiger charge is -2.22. The molecule has 31 heavy (non-hydrogen) atoms. The number of unbranched alkanes of at least 4 members (excludes halogenated alkanes) is 9. The van der Waals surface area contributed by atoms with Gasteiger partial charge in [0.1, 0.15) is 12.4 Å². The molecule has 0 aromatic heterocycles. The van der Waals surface area contributed by atoms with Crippen LogP contribution in [0.15, 0.2) is 24.3 Å². The summed E-state index contributed by atoms with van der Waals surface area (Å²) in [6, 6.07) is 8.18. The molecule has 1 aromatic carbocycles. The number of carbonyl (C=O) groups excluding carboxylic acids is 1. The summed E-state index contributed by atoms with van der Waals surface area (Å²) >= 11 is 2.30. The molecule has 0 N–H and O–H groups in total. The smallest absolute Gasteiger partial charge is 0.305 e. The van der Waals surface area contributed by atoms with E-state index in [9.17, 15) is 4.79 Å². The Kier molecular flexibility index (Phi) is 18.1. The molecule has 0 aliphatic carbocycles. The highest BCUT2D eigenvalue weighted by molar-refractivity contribution is 14.1. The second-order valence-corrected chi connectivity index (χ2v) is 9.48. The monoisotopic (exact) mass is 545 g/mol. The van der Waals surface area contributed by atoms with Crippen molar-refractivity contribution >= 4 is 28.6 Å². The van der Waals surface area contributed by atoms with Crippen LogP contribution in [0.1, 0.15) is 90.9 Å². The summed E-state index contributed by atoms with van der Waals surface area (Å²) in [5.74, 6) is 0.836. The fourth-order valence-electron chi connectivity index (χ4n) is 3.66. The number of ether oxygens (including phenoxy) is 2. The van der Waals surface area contributed by atoms with Crippen molar-refractivity contribution in [3.05, 3.63) is 27.8 Å². The van der Waals surface area contributed by atoms with E-state index in [0.717, 1.165) is 31.8 Å². The molecule has 0 atom stereocenters. The summed E-state index contributed by atoms with van der Waals surface area (Å²) in [7, 11) is 0. The quantitative estimate of drug-likeness (QED) is 0.0984. The van der Waals surface area contributed by atoms with E-state index in [-0.39, 0.29) is 5.97 Å². The normalized spacial score (nSPS) is 11.1. The van der Waals surface area contributed by atoms with E-state index in [0.29, 0.717) is 19.6 Å². The molecule has 0 amide bonds. The van der Waals surface area contributed by atoms with Crippen LogP contribution in [0.5, 0.6) is 5.75 Å². The van der Waals surface area contributed by atoms with Gasteiger partial charge in [0.25, 0.3) is 0 Å². The topological polar surface area (TPSA) is 38.8 Å². The first-order chi connectivity index (χ1) is 15.2. The zero-order valence-electron chi connectivity index (χ0n) is 19.9. The molecule has 0 bridgehead atoms. The number of carbonyl (C=O) groups is 1. The highest BCUT2D eigenvalue weighted by atomic mass is 127. The van der Waals surface area contributed by atoms with Gasteiger partial charge < -0.3 is 9.47 Å². The number of nitrogens with zero attached hydrogens (tertiary/aromatic N) is 1. The fraction of sp³-hybridized carbons (Fsp3) is 0.731. The molecule has 0 heterocycles. The molecule has 0 unspecified atom stereocenters. The van der Waals surface area contributed by atoms with Crippen LogP contribution in [0, 0.1) is 3.57 Å². The summed E-state index contributed by atoms with van der Waals surface area (Å²) in [6.45, 7) is 8.17. The summed E-state index contributed by atoms with van der Waals surface area (Å²) in [4.78, 5) is 14.1. The minimum absolute atomic E-state index is 0.0866. The van der Waals surface area contributed by atoms with Crippen LogP contribution in [0.4, 0.5) is 0 Å². The maximum Gasteiger partial charge on any atom is 0.305 e. The van der Waals surface area contributed by atoms with Crippen molar-refractivity contribution in [3.8, 4) is 5.75 Å². The van der Waals surface area contributed by atoms with Gasteiger partial charge >= 0.3 is 5.97 Å². The summed E-state index contributed by atoms with van der Waals surface area (Å²) in [5, 5.41) is 0. The summed E-state index contributed by atoms with van der Waals surface area (Å²) in [5.41, 5.74) is 0. The van der Waals surface area contributed by atoms with Gasteiger partial charge in [0.15, 0.2) is 0 Å². The molecular weight excluding hydrogens is 501 g/mol. The third kappa shape index (κ3) is 16.5. The van der Waals surface area contributed by atoms with Crippen molar-refractivity contribution in [2.45, 2.75) is 90.9 Å². The number of hydrogen-bond acceptors (Lipinski definition) is 4. The number of rotatable bonds is 20. The zero-order valence-corrected chi connectivity index (χ0v) is 22.0. The Balaban J connectivity index is 2.23. The second-order valence-electron chi connectivity index (χ2n) is 8.23. The maximum atomic E-state index is 11.6. The Morgan fingerprint density at radius 3 is 2.00 bits per heavy atom. The molecule has 178 valence electrons. The standard InChI is InChI=1S/C26H44INO3/c1-3-5-6-7-8-9-10-11-12-13-20-28(21-14-15-26(29)30-4-2)22-23-31-25-18-16-24(27)17-19-25/h16-19H,3-15,20-23H2,1-2H3. The minimum atomic E-state index is -0.0866. The molecule has 0 saturated carbocycles. The molecule has 0 aliphatic heterocycles. The molecule has 0 spiro atoms. The van der Waals surface area contributed by atoms with Gasteiger partial charge in [-0.05, 0) is 79.7 Å². The molecule has 5 heteroatoms. The van der Waals surface area contributed by atoms with Gasteiger partial charge in [0.05, 0.1) is 6.61 Å². The molecular formula is C26H44INO3. The molecule has 0 aliphatic rings. The second kappa shape index (κ2) is 19.8. The average molecular weight is 546 g/mol. The zero-order chi connectivity index (χ0) is 22.6. The van der Waals surface area contributed by atoms with Gasteiger partial charge in [-0.25, -0.2) is 0 Å². The number of hydrogen-bond donors (Lipinski definition) is 0. The minimum Gasteiger partial charge on any atom is -0.492 e. The Morgan fingerprint density at radius 1 is 0.806 bits per heavy atom. The molecule has 4 nitrogen and oxygen atoms in total. The van der Waals surface area contributed by atoms with Gasteiger partial charge in [0, 0.05) is 16.5 Å². The van der Waals surface area contributed by atoms with E-state index in [1.807, 2.05) is 19.1 Å². The predicted octanol–water partition coefficient (Wildman–Crippen LogP) is 7.24. The van der Waals surface area contributed by atoms with E-state index in [4.69, 9.17) is 9.47 Å². The molecule has 0 fully saturated rings. The fourth-order valence-corrected chi connectivity index (χ4v) is 4.02. The van der Waals surface area contributed by atoms with Crippen LogP contribution in [-0.2, 0) is 9.53 Å². The van der Waals surface area contributed by atoms with E-state index < -0.39 is 0 Å². The van der Waals surface area contributed by atoms with Crippen LogP contribution in [0.25, 0.3) is 0 Å². The first-order valence-corrected chi connectivity index (χ1v) is 13.5. The maximum absolute atomic E-state index is 11.6. The number of esters is 1. The van der Waals surface area contributed by atoms with Crippen LogP contribution in [0.3, 0.4) is 0 Å². The molecule has 0 saturated heterocycles. The van der Waals surface area contributed by atoms with Crippen molar-refractivity contribution in [2.24, 2.45) is 0 Å². The lowest BCUT2D eigenvalue weighted by molar-refractivity contribution is -0.143. The van der Waals surface area contributed by atoms with Crippen LogP contribution in [-0.4, -0.2) is 43.7 Å². The SMILES string of the molecule is CCCCCCCCCCCCN(CCCC(=O)OCC)CCOc1ccc(I)cc1. The predicted molar refractivity (Wildman–Crippen MR) is 139 cm³/mol. The Labute approximate surface area is 204 Å². The molecule has 1 rings (SSSR count). The van der Waals surface area contributed by atoms with Gasteiger partial charge in [-0.3, -0.25) is 9.69 Å². The first-order valence-electron chi connectivity index (χ1n) is 12.4. The van der Waals surface area contributed by atoms with Gasteiger partial charge in [-0.2, -0.15) is 0 Å². The van der Waals surface area contributed by atoms with Crippen molar-refractivity contribution in [1.82, 2.24) is 4.90 Å². The van der Waals surface area contributed by atoms with E-state index >= 15 is 0 Å². The molecule has 0 radical (unpaired) electrons. The average Bonchev–Trinajstić information content (AvgIpc) is 2.76. The Morgan fingerprint density at radius 2 is 1.39 bits per heavy atom. The lowest BCUT2D eigenvalue weighted by atomic mass is 10.1. The van der Waals surface area contributed by atoms with Crippen LogP contribution >= 0.6 is 22.6 Å². The Bertz CT molecular complexity index is 550. The molecule has 1 aromatic rings. The van der Waals surface area contributed by atoms with Gasteiger partial charge in [0.2, 0.25) is 0 Å². The van der Waals surface area contributed by atoms with Crippen LogP contribution in [0.2, 0.25) is 0 Å². The van der Waals surface area contributed by atoms with Crippen molar-refractivity contribution in [2.75, 3.05) is 32.8 Å². The largest absolute Gasteiger partial charge is 0.492 e. The van der Waals surface area contributed by atoms with Crippen molar-refractivity contribution in [1.29, 1.82) is 0 Å². The highest BCUT2D eigenvalue weighted by Crippen LogP contribution is 2.14. The lowest BCUT2D eigenvalue weighted by Crippen LogP contribution is -2.31. The van der Waals surface area contributed by atoms with Crippen LogP contribution < -0.4 is 4.74 Å². The summed E-state index contributed by atoms with van der Waals surface area (Å²) < 4.78 is 12.2. The third-order valence-electron chi connectivity index (χ3n) is 5.48. The number of benzene rings is 1. The Hall–Kier alpha value is -0.820. The van der Waals surface area contributed by atoms with E-state index in [2.05, 4.69) is 46.5 Å². The van der Waals surface area contributed by atoms with Gasteiger partial charge in [-0.1, -0.05) is 64.7 Å². The summed E-state index contributed by atoms with van der Waals surface area (Å²) in [6.07, 6.45) is 14.9. The van der Waals surface area contributed by atoms with Crippen molar-refractivity contribution < 1.29 is 14.3 Å². The van der Waals surface area contributed by atoms with E-state index in [1.165, 1.54) is 67.8 Å². The highest BCUT2D eigenvalue weighted by Gasteiger charge is 2.08. The first kappa shape index (κ1) is 28.2. The van der Waals surface area contributed by atoms with Gasteiger partial charge in [-0.15, -0.1) is 0 Å². The third-order valence-corrected chi connectivity index (χ3v) is 6.20.